The van der Waals surface area contributed by atoms with Crippen molar-refractivity contribution in [2.24, 2.45) is 5.41 Å². The summed E-state index contributed by atoms with van der Waals surface area (Å²) in [5, 5.41) is 10.3. The highest BCUT2D eigenvalue weighted by atomic mass is 35.5. The van der Waals surface area contributed by atoms with E-state index in [4.69, 9.17) is 23.2 Å². The van der Waals surface area contributed by atoms with E-state index >= 15 is 0 Å². The van der Waals surface area contributed by atoms with Crippen LogP contribution in [0.1, 0.15) is 54.9 Å². The summed E-state index contributed by atoms with van der Waals surface area (Å²) in [5.41, 5.74) is 2.09. The van der Waals surface area contributed by atoms with Gasteiger partial charge in [0.1, 0.15) is 0 Å². The van der Waals surface area contributed by atoms with Crippen LogP contribution in [0.2, 0.25) is 10.0 Å². The zero-order chi connectivity index (χ0) is 22.5. The van der Waals surface area contributed by atoms with Crippen molar-refractivity contribution in [2.75, 3.05) is 4.90 Å². The number of carbonyl (C=O) groups is 3. The minimum absolute atomic E-state index is 0.0193. The van der Waals surface area contributed by atoms with Gasteiger partial charge in [-0.2, -0.15) is 0 Å². The van der Waals surface area contributed by atoms with Crippen molar-refractivity contribution in [3.63, 3.8) is 0 Å². The number of aromatic carboxylic acids is 1. The standard InChI is InChI=1S/C24H21Cl2NO4/c1-24(2)11-19-22(20(28)12-24)17(16-7-6-14(25)9-18(16)26)10-21(29)27(19)15-5-3-4-13(8-15)23(30)31/h3-9,17H,10-12H2,1-2H3,(H,30,31). The third kappa shape index (κ3) is 4.00. The number of ketones is 1. The van der Waals surface area contributed by atoms with Crippen molar-refractivity contribution in [3.8, 4) is 0 Å². The SMILES string of the molecule is CC1(C)CC(=O)C2=C(C1)N(c1cccc(C(=O)O)c1)C(=O)CC2c1ccc(Cl)cc1Cl. The maximum Gasteiger partial charge on any atom is 0.335 e. The van der Waals surface area contributed by atoms with E-state index in [-0.39, 0.29) is 29.1 Å². The summed E-state index contributed by atoms with van der Waals surface area (Å²) in [5.74, 6) is -1.77. The van der Waals surface area contributed by atoms with Gasteiger partial charge in [0.2, 0.25) is 5.91 Å². The molecular weight excluding hydrogens is 437 g/mol. The number of carboxylic acid groups (broad SMARTS) is 1. The van der Waals surface area contributed by atoms with Crippen LogP contribution in [0.5, 0.6) is 0 Å². The van der Waals surface area contributed by atoms with Crippen LogP contribution in [0.4, 0.5) is 5.69 Å². The first-order valence-electron chi connectivity index (χ1n) is 9.95. The van der Waals surface area contributed by atoms with Gasteiger partial charge in [-0.05, 0) is 47.7 Å². The lowest BCUT2D eigenvalue weighted by molar-refractivity contribution is -0.121. The lowest BCUT2D eigenvalue weighted by atomic mass is 9.69. The third-order valence-corrected chi connectivity index (χ3v) is 6.39. The number of anilines is 1. The van der Waals surface area contributed by atoms with E-state index in [0.29, 0.717) is 45.4 Å². The van der Waals surface area contributed by atoms with E-state index in [2.05, 4.69) is 0 Å². The van der Waals surface area contributed by atoms with Crippen LogP contribution >= 0.6 is 23.2 Å². The van der Waals surface area contributed by atoms with E-state index < -0.39 is 11.9 Å². The third-order valence-electron chi connectivity index (χ3n) is 5.83. The molecule has 0 fully saturated rings. The normalized spacial score (nSPS) is 20.6. The fourth-order valence-corrected chi connectivity index (χ4v) is 5.08. The van der Waals surface area contributed by atoms with E-state index in [1.54, 1.807) is 30.3 Å². The topological polar surface area (TPSA) is 74.7 Å². The second-order valence-corrected chi connectivity index (χ2v) is 9.65. The molecule has 2 aromatic rings. The Labute approximate surface area is 190 Å². The average Bonchev–Trinajstić information content (AvgIpc) is 2.66. The molecular formula is C24H21Cl2NO4. The smallest absolute Gasteiger partial charge is 0.335 e. The van der Waals surface area contributed by atoms with Gasteiger partial charge in [-0.25, -0.2) is 4.79 Å². The molecule has 160 valence electrons. The molecule has 0 spiro atoms. The van der Waals surface area contributed by atoms with E-state index in [0.717, 1.165) is 0 Å². The highest BCUT2D eigenvalue weighted by molar-refractivity contribution is 6.35. The average molecular weight is 458 g/mol. The van der Waals surface area contributed by atoms with Gasteiger partial charge in [-0.1, -0.05) is 49.2 Å². The van der Waals surface area contributed by atoms with Crippen LogP contribution in [0.25, 0.3) is 0 Å². The number of rotatable bonds is 3. The molecule has 0 aromatic heterocycles. The second-order valence-electron chi connectivity index (χ2n) is 8.81. The molecule has 2 aliphatic rings. The molecule has 1 heterocycles. The summed E-state index contributed by atoms with van der Waals surface area (Å²) in [4.78, 5) is 39.7. The van der Waals surface area contributed by atoms with Crippen molar-refractivity contribution in [2.45, 2.75) is 39.0 Å². The molecule has 4 rings (SSSR count). The maximum atomic E-state index is 13.4. The molecule has 2 aromatic carbocycles. The van der Waals surface area contributed by atoms with Crippen molar-refractivity contribution >= 4 is 46.5 Å². The van der Waals surface area contributed by atoms with Gasteiger partial charge in [0.05, 0.1) is 5.56 Å². The Morgan fingerprint density at radius 3 is 2.52 bits per heavy atom. The van der Waals surface area contributed by atoms with Crippen LogP contribution < -0.4 is 4.90 Å². The monoisotopic (exact) mass is 457 g/mol. The summed E-state index contributed by atoms with van der Waals surface area (Å²) >= 11 is 12.5. The van der Waals surface area contributed by atoms with Crippen LogP contribution in [0, 0.1) is 5.41 Å². The summed E-state index contributed by atoms with van der Waals surface area (Å²) in [7, 11) is 0. The number of carbonyl (C=O) groups excluding carboxylic acids is 2. The Balaban J connectivity index is 1.92. The molecule has 0 radical (unpaired) electrons. The van der Waals surface area contributed by atoms with Crippen LogP contribution in [-0.2, 0) is 9.59 Å². The molecule has 0 saturated carbocycles. The number of hydrogen-bond acceptors (Lipinski definition) is 3. The zero-order valence-corrected chi connectivity index (χ0v) is 18.6. The van der Waals surface area contributed by atoms with Crippen LogP contribution in [-0.4, -0.2) is 22.8 Å². The summed E-state index contributed by atoms with van der Waals surface area (Å²) in [6.45, 7) is 3.98. The van der Waals surface area contributed by atoms with Gasteiger partial charge >= 0.3 is 5.97 Å². The zero-order valence-electron chi connectivity index (χ0n) is 17.1. The van der Waals surface area contributed by atoms with Gasteiger partial charge in [0.15, 0.2) is 5.78 Å². The Morgan fingerprint density at radius 1 is 1.10 bits per heavy atom. The Hall–Kier alpha value is -2.63. The van der Waals surface area contributed by atoms with Crippen molar-refractivity contribution < 1.29 is 19.5 Å². The number of halogens is 2. The maximum absolute atomic E-state index is 13.4. The molecule has 1 aliphatic carbocycles. The largest absolute Gasteiger partial charge is 0.478 e. The summed E-state index contributed by atoms with van der Waals surface area (Å²) in [6.07, 6.45) is 0.938. The first kappa shape index (κ1) is 21.6. The summed E-state index contributed by atoms with van der Waals surface area (Å²) < 4.78 is 0. The number of hydrogen-bond donors (Lipinski definition) is 1. The van der Waals surface area contributed by atoms with Crippen molar-refractivity contribution in [1.82, 2.24) is 0 Å². The molecule has 7 heteroatoms. The predicted octanol–water partition coefficient (Wildman–Crippen LogP) is 5.86. The lowest BCUT2D eigenvalue weighted by Gasteiger charge is -2.43. The Morgan fingerprint density at radius 2 is 1.84 bits per heavy atom. The fourth-order valence-electron chi connectivity index (χ4n) is 4.54. The Kier molecular flexibility index (Phi) is 5.44. The number of benzene rings is 2. The van der Waals surface area contributed by atoms with Gasteiger partial charge in [-0.15, -0.1) is 0 Å². The Bertz CT molecular complexity index is 1150. The van der Waals surface area contributed by atoms with E-state index in [1.807, 2.05) is 13.8 Å². The molecule has 5 nitrogen and oxygen atoms in total. The fraction of sp³-hybridized carbons (Fsp3) is 0.292. The molecule has 1 aliphatic heterocycles. The highest BCUT2D eigenvalue weighted by Gasteiger charge is 2.44. The van der Waals surface area contributed by atoms with Gasteiger partial charge in [-0.3, -0.25) is 14.5 Å². The quantitative estimate of drug-likeness (QED) is 0.626. The van der Waals surface area contributed by atoms with Crippen molar-refractivity contribution in [3.05, 3.63) is 74.9 Å². The van der Waals surface area contributed by atoms with E-state index in [9.17, 15) is 19.5 Å². The summed E-state index contributed by atoms with van der Waals surface area (Å²) in [6, 6.07) is 11.3. The molecule has 1 unspecified atom stereocenters. The number of amides is 1. The molecule has 1 amide bonds. The number of carboxylic acids is 1. The van der Waals surface area contributed by atoms with Crippen LogP contribution in [0.15, 0.2) is 53.7 Å². The molecule has 0 saturated heterocycles. The minimum Gasteiger partial charge on any atom is -0.478 e. The molecule has 1 atom stereocenters. The van der Waals surface area contributed by atoms with Gasteiger partial charge in [0, 0.05) is 45.8 Å². The van der Waals surface area contributed by atoms with Gasteiger partial charge in [0.25, 0.3) is 0 Å². The molecule has 0 bridgehead atoms. The molecule has 1 N–H and O–H groups in total. The number of Topliss-reactive ketones (excluding diaryl/α,β-unsaturated/α-hetero) is 1. The van der Waals surface area contributed by atoms with Gasteiger partial charge < -0.3 is 5.11 Å². The predicted molar refractivity (Wildman–Crippen MR) is 120 cm³/mol. The van der Waals surface area contributed by atoms with E-state index in [1.165, 1.54) is 17.0 Å². The minimum atomic E-state index is -1.08. The van der Waals surface area contributed by atoms with Crippen molar-refractivity contribution in [1.29, 1.82) is 0 Å². The highest BCUT2D eigenvalue weighted by Crippen LogP contribution is 2.49. The number of nitrogens with zero attached hydrogens (tertiary/aromatic N) is 1. The van der Waals surface area contributed by atoms with Crippen LogP contribution in [0.3, 0.4) is 0 Å². The first-order chi connectivity index (χ1) is 14.6. The number of allylic oxidation sites excluding steroid dienone is 2. The molecule has 31 heavy (non-hydrogen) atoms. The lowest BCUT2D eigenvalue weighted by Crippen LogP contribution is -2.43. The first-order valence-corrected chi connectivity index (χ1v) is 10.7. The second kappa shape index (κ2) is 7.81.